The van der Waals surface area contributed by atoms with E-state index in [1.165, 1.54) is 5.56 Å². The molecule has 0 radical (unpaired) electrons. The summed E-state index contributed by atoms with van der Waals surface area (Å²) in [4.78, 5) is 16.7. The predicted octanol–water partition coefficient (Wildman–Crippen LogP) is 2.62. The number of likely N-dealkylation sites (tertiary alicyclic amines) is 1. The summed E-state index contributed by atoms with van der Waals surface area (Å²) in [5.74, 6) is 0.408. The van der Waals surface area contributed by atoms with Crippen LogP contribution in [0.15, 0.2) is 24.3 Å². The number of nitrogens with zero attached hydrogens (tertiary/aromatic N) is 2. The highest BCUT2D eigenvalue weighted by atomic mass is 35.5. The number of amides is 1. The topological polar surface area (TPSA) is 35.6 Å². The number of rotatable bonds is 7. The van der Waals surface area contributed by atoms with Crippen LogP contribution in [0.4, 0.5) is 0 Å². The van der Waals surface area contributed by atoms with Crippen molar-refractivity contribution in [2.75, 3.05) is 40.3 Å². The Hall–Kier alpha value is -1.10. The summed E-state index contributed by atoms with van der Waals surface area (Å²) in [7, 11) is 4.11. The summed E-state index contributed by atoms with van der Waals surface area (Å²) in [6, 6.07) is 8.02. The van der Waals surface area contributed by atoms with Crippen LogP contribution in [0, 0.1) is 5.92 Å². The third-order valence-corrected chi connectivity index (χ3v) is 4.61. The van der Waals surface area contributed by atoms with E-state index in [0.29, 0.717) is 0 Å². The smallest absolute Gasteiger partial charge is 0.223 e. The number of nitrogens with one attached hydrogen (secondary N) is 1. The van der Waals surface area contributed by atoms with Crippen molar-refractivity contribution in [2.45, 2.75) is 25.8 Å². The first-order valence-electron chi connectivity index (χ1n) is 8.44. The van der Waals surface area contributed by atoms with Crippen LogP contribution in [0.2, 0.25) is 5.02 Å². The Labute approximate surface area is 144 Å². The maximum absolute atomic E-state index is 12.2. The Kier molecular flexibility index (Phi) is 7.34. The van der Waals surface area contributed by atoms with Gasteiger partial charge in [-0.3, -0.25) is 9.69 Å². The summed E-state index contributed by atoms with van der Waals surface area (Å²) in [6.45, 7) is 4.70. The first kappa shape index (κ1) is 18.2. The molecule has 128 valence electrons. The van der Waals surface area contributed by atoms with Crippen molar-refractivity contribution in [1.29, 1.82) is 0 Å². The highest BCUT2D eigenvalue weighted by Gasteiger charge is 2.24. The van der Waals surface area contributed by atoms with Crippen molar-refractivity contribution in [3.63, 3.8) is 0 Å². The molecule has 1 saturated heterocycles. The number of piperidine rings is 1. The second-order valence-corrected chi connectivity index (χ2v) is 7.06. The number of halogens is 1. The molecule has 1 aliphatic rings. The van der Waals surface area contributed by atoms with Gasteiger partial charge in [0.15, 0.2) is 0 Å². The van der Waals surface area contributed by atoms with Gasteiger partial charge in [0.05, 0.1) is 0 Å². The molecule has 1 fully saturated rings. The standard InChI is InChI=1S/C18H28ClN3O/c1-21(2)11-3-10-20-18(23)16-8-12-22(13-9-16)14-15-4-6-17(19)7-5-15/h4-7,16H,3,8-14H2,1-2H3,(H,20,23). The average molecular weight is 338 g/mol. The van der Waals surface area contributed by atoms with E-state index in [4.69, 9.17) is 11.6 Å². The molecular formula is C18H28ClN3O. The fourth-order valence-electron chi connectivity index (χ4n) is 2.95. The maximum Gasteiger partial charge on any atom is 0.223 e. The highest BCUT2D eigenvalue weighted by molar-refractivity contribution is 6.30. The van der Waals surface area contributed by atoms with E-state index in [0.717, 1.165) is 57.0 Å². The van der Waals surface area contributed by atoms with E-state index in [-0.39, 0.29) is 11.8 Å². The van der Waals surface area contributed by atoms with Gasteiger partial charge in [0.2, 0.25) is 5.91 Å². The highest BCUT2D eigenvalue weighted by Crippen LogP contribution is 2.20. The molecule has 1 aromatic carbocycles. The van der Waals surface area contributed by atoms with Gasteiger partial charge in [0.25, 0.3) is 0 Å². The zero-order valence-electron chi connectivity index (χ0n) is 14.2. The van der Waals surface area contributed by atoms with E-state index in [2.05, 4.69) is 41.3 Å². The van der Waals surface area contributed by atoms with Crippen LogP contribution in [0.25, 0.3) is 0 Å². The van der Waals surface area contributed by atoms with Gasteiger partial charge in [0, 0.05) is 24.0 Å². The minimum atomic E-state index is 0.177. The lowest BCUT2D eigenvalue weighted by Gasteiger charge is -2.31. The van der Waals surface area contributed by atoms with Crippen LogP contribution in [0.5, 0.6) is 0 Å². The number of benzene rings is 1. The number of hydrogen-bond donors (Lipinski definition) is 1. The molecule has 4 nitrogen and oxygen atoms in total. The molecule has 0 aromatic heterocycles. The van der Waals surface area contributed by atoms with Crippen LogP contribution in [-0.2, 0) is 11.3 Å². The lowest BCUT2D eigenvalue weighted by molar-refractivity contribution is -0.126. The quantitative estimate of drug-likeness (QED) is 0.777. The molecular weight excluding hydrogens is 310 g/mol. The molecule has 1 N–H and O–H groups in total. The molecule has 23 heavy (non-hydrogen) atoms. The van der Waals surface area contributed by atoms with Gasteiger partial charge in [-0.05, 0) is 70.7 Å². The molecule has 0 spiro atoms. The lowest BCUT2D eigenvalue weighted by atomic mass is 9.95. The first-order valence-corrected chi connectivity index (χ1v) is 8.81. The Morgan fingerprint density at radius 1 is 1.26 bits per heavy atom. The van der Waals surface area contributed by atoms with Crippen LogP contribution in [-0.4, -0.2) is 56.0 Å². The second kappa shape index (κ2) is 9.26. The molecule has 0 atom stereocenters. The van der Waals surface area contributed by atoms with Gasteiger partial charge in [-0.15, -0.1) is 0 Å². The zero-order chi connectivity index (χ0) is 16.7. The van der Waals surface area contributed by atoms with E-state index in [1.807, 2.05) is 12.1 Å². The van der Waals surface area contributed by atoms with Gasteiger partial charge >= 0.3 is 0 Å². The lowest BCUT2D eigenvalue weighted by Crippen LogP contribution is -2.40. The van der Waals surface area contributed by atoms with Gasteiger partial charge in [-0.1, -0.05) is 23.7 Å². The SMILES string of the molecule is CN(C)CCCNC(=O)C1CCN(Cc2ccc(Cl)cc2)CC1. The van der Waals surface area contributed by atoms with E-state index in [1.54, 1.807) is 0 Å². The van der Waals surface area contributed by atoms with Crippen molar-refractivity contribution in [1.82, 2.24) is 15.1 Å². The summed E-state index contributed by atoms with van der Waals surface area (Å²) in [6.07, 6.45) is 2.91. The molecule has 0 saturated carbocycles. The monoisotopic (exact) mass is 337 g/mol. The largest absolute Gasteiger partial charge is 0.356 e. The Morgan fingerprint density at radius 2 is 1.91 bits per heavy atom. The van der Waals surface area contributed by atoms with E-state index >= 15 is 0 Å². The molecule has 1 amide bonds. The molecule has 1 aliphatic heterocycles. The molecule has 2 rings (SSSR count). The van der Waals surface area contributed by atoms with Crippen LogP contribution in [0.1, 0.15) is 24.8 Å². The van der Waals surface area contributed by atoms with Crippen molar-refractivity contribution < 1.29 is 4.79 Å². The van der Waals surface area contributed by atoms with Crippen molar-refractivity contribution in [3.05, 3.63) is 34.9 Å². The number of carbonyl (C=O) groups excluding carboxylic acids is 1. The second-order valence-electron chi connectivity index (χ2n) is 6.62. The minimum Gasteiger partial charge on any atom is -0.356 e. The molecule has 1 aromatic rings. The first-order chi connectivity index (χ1) is 11.0. The fraction of sp³-hybridized carbons (Fsp3) is 0.611. The summed E-state index contributed by atoms with van der Waals surface area (Å²) in [5.41, 5.74) is 1.28. The van der Waals surface area contributed by atoms with Crippen LogP contribution < -0.4 is 5.32 Å². The zero-order valence-corrected chi connectivity index (χ0v) is 15.0. The molecule has 5 heteroatoms. The van der Waals surface area contributed by atoms with Gasteiger partial charge in [0.1, 0.15) is 0 Å². The van der Waals surface area contributed by atoms with Gasteiger partial charge < -0.3 is 10.2 Å². The summed E-state index contributed by atoms with van der Waals surface area (Å²) < 4.78 is 0. The molecule has 0 bridgehead atoms. The molecule has 1 heterocycles. The summed E-state index contributed by atoms with van der Waals surface area (Å²) in [5, 5.41) is 3.86. The average Bonchev–Trinajstić information content (AvgIpc) is 2.54. The normalized spacial score (nSPS) is 16.7. The van der Waals surface area contributed by atoms with Crippen LogP contribution >= 0.6 is 11.6 Å². The third kappa shape index (κ3) is 6.50. The fourth-order valence-corrected chi connectivity index (χ4v) is 3.08. The summed E-state index contributed by atoms with van der Waals surface area (Å²) >= 11 is 5.92. The Morgan fingerprint density at radius 3 is 2.52 bits per heavy atom. The van der Waals surface area contributed by atoms with E-state index < -0.39 is 0 Å². The van der Waals surface area contributed by atoms with E-state index in [9.17, 15) is 4.79 Å². The Bertz CT molecular complexity index is 482. The minimum absolute atomic E-state index is 0.177. The van der Waals surface area contributed by atoms with Gasteiger partial charge in [-0.25, -0.2) is 0 Å². The predicted molar refractivity (Wildman–Crippen MR) is 95.6 cm³/mol. The Balaban J connectivity index is 1.66. The van der Waals surface area contributed by atoms with Crippen molar-refractivity contribution >= 4 is 17.5 Å². The third-order valence-electron chi connectivity index (χ3n) is 4.36. The molecule has 0 unspecified atom stereocenters. The van der Waals surface area contributed by atoms with Crippen LogP contribution in [0.3, 0.4) is 0 Å². The number of hydrogen-bond acceptors (Lipinski definition) is 3. The van der Waals surface area contributed by atoms with Gasteiger partial charge in [-0.2, -0.15) is 0 Å². The van der Waals surface area contributed by atoms with Crippen molar-refractivity contribution in [2.24, 2.45) is 5.92 Å². The number of carbonyl (C=O) groups is 1. The molecule has 0 aliphatic carbocycles. The van der Waals surface area contributed by atoms with Crippen molar-refractivity contribution in [3.8, 4) is 0 Å². The maximum atomic E-state index is 12.2.